The van der Waals surface area contributed by atoms with Crippen molar-refractivity contribution in [2.75, 3.05) is 0 Å². The molecule has 98 valence electrons. The maximum atomic E-state index is 8.17. The fourth-order valence-electron chi connectivity index (χ4n) is 2.97. The van der Waals surface area contributed by atoms with E-state index in [0.717, 1.165) is 37.8 Å². The Morgan fingerprint density at radius 2 is 1.89 bits per heavy atom. The quantitative estimate of drug-likeness (QED) is 0.788. The van der Waals surface area contributed by atoms with Crippen LogP contribution in [0.3, 0.4) is 0 Å². The lowest BCUT2D eigenvalue weighted by Crippen LogP contribution is -2.16. The molecule has 1 aromatic rings. The van der Waals surface area contributed by atoms with Gasteiger partial charge in [0.25, 0.3) is 0 Å². The number of aryl methyl sites for hydroxylation is 1. The second-order valence-corrected chi connectivity index (χ2v) is 6.70. The highest BCUT2D eigenvalue weighted by Crippen LogP contribution is 2.29. The van der Waals surface area contributed by atoms with Crippen molar-refractivity contribution in [3.05, 3.63) is 34.4 Å². The number of hydrogen-bond donors (Lipinski definition) is 1. The van der Waals surface area contributed by atoms with Crippen LogP contribution in [0.25, 0.3) is 0 Å². The molecular formula is C17H25N. The monoisotopic (exact) mass is 243 g/mol. The molecule has 1 heteroatoms. The van der Waals surface area contributed by atoms with Crippen LogP contribution in [0.2, 0.25) is 0 Å². The fraction of sp³-hybridized carbons (Fsp3) is 0.588. The molecule has 0 amide bonds. The molecule has 1 N–H and O–H groups in total. The predicted octanol–water partition coefficient (Wildman–Crippen LogP) is 4.54. The van der Waals surface area contributed by atoms with E-state index in [-0.39, 0.29) is 0 Å². The summed E-state index contributed by atoms with van der Waals surface area (Å²) >= 11 is 0. The third-order valence-corrected chi connectivity index (χ3v) is 3.70. The lowest BCUT2D eigenvalue weighted by Gasteiger charge is -2.24. The SMILES string of the molecule is CCc1cc(CC(C)(C)C)cc2c1CCCC2=N. The van der Waals surface area contributed by atoms with E-state index in [1.807, 2.05) is 0 Å². The average molecular weight is 243 g/mol. The zero-order valence-electron chi connectivity index (χ0n) is 12.2. The van der Waals surface area contributed by atoms with Crippen molar-refractivity contribution >= 4 is 5.71 Å². The van der Waals surface area contributed by atoms with Gasteiger partial charge in [-0.25, -0.2) is 0 Å². The molecule has 0 atom stereocenters. The third kappa shape index (κ3) is 2.82. The molecule has 0 fully saturated rings. The zero-order valence-corrected chi connectivity index (χ0v) is 12.2. The molecule has 0 unspecified atom stereocenters. The lowest BCUT2D eigenvalue weighted by atomic mass is 9.81. The number of nitrogens with one attached hydrogen (secondary N) is 1. The Morgan fingerprint density at radius 1 is 1.17 bits per heavy atom. The van der Waals surface area contributed by atoms with E-state index in [0.29, 0.717) is 5.41 Å². The minimum absolute atomic E-state index is 0.316. The smallest absolute Gasteiger partial charge is 0.0389 e. The molecule has 0 radical (unpaired) electrons. The summed E-state index contributed by atoms with van der Waals surface area (Å²) in [5.41, 5.74) is 6.73. The number of benzene rings is 1. The first-order valence-electron chi connectivity index (χ1n) is 7.13. The van der Waals surface area contributed by atoms with Crippen molar-refractivity contribution in [2.24, 2.45) is 5.41 Å². The first kappa shape index (κ1) is 13.3. The Hall–Kier alpha value is -1.11. The van der Waals surface area contributed by atoms with Crippen LogP contribution in [-0.4, -0.2) is 5.71 Å². The lowest BCUT2D eigenvalue weighted by molar-refractivity contribution is 0.411. The maximum Gasteiger partial charge on any atom is 0.0389 e. The van der Waals surface area contributed by atoms with Crippen LogP contribution in [0.4, 0.5) is 0 Å². The highest BCUT2D eigenvalue weighted by molar-refractivity contribution is 6.00. The molecule has 1 nitrogen and oxygen atoms in total. The summed E-state index contributed by atoms with van der Waals surface area (Å²) < 4.78 is 0. The summed E-state index contributed by atoms with van der Waals surface area (Å²) in [6.07, 6.45) is 5.46. The van der Waals surface area contributed by atoms with Crippen molar-refractivity contribution < 1.29 is 0 Å². The van der Waals surface area contributed by atoms with Gasteiger partial charge in [0.2, 0.25) is 0 Å². The summed E-state index contributed by atoms with van der Waals surface area (Å²) in [4.78, 5) is 0. The zero-order chi connectivity index (χ0) is 13.3. The molecule has 0 spiro atoms. The Kier molecular flexibility index (Phi) is 3.61. The van der Waals surface area contributed by atoms with Crippen LogP contribution >= 0.6 is 0 Å². The van der Waals surface area contributed by atoms with E-state index in [4.69, 9.17) is 5.41 Å². The molecule has 1 aromatic carbocycles. The molecule has 0 saturated carbocycles. The van der Waals surface area contributed by atoms with Gasteiger partial charge in [-0.05, 0) is 65.8 Å². The largest absolute Gasteiger partial charge is 0.305 e. The molecule has 18 heavy (non-hydrogen) atoms. The Balaban J connectivity index is 2.46. The topological polar surface area (TPSA) is 23.9 Å². The van der Waals surface area contributed by atoms with Gasteiger partial charge in [-0.15, -0.1) is 0 Å². The van der Waals surface area contributed by atoms with Crippen molar-refractivity contribution in [1.82, 2.24) is 0 Å². The number of fused-ring (bicyclic) bond motifs is 1. The molecule has 1 aliphatic rings. The van der Waals surface area contributed by atoms with Crippen molar-refractivity contribution in [2.45, 2.75) is 59.8 Å². The Labute approximate surface area is 111 Å². The molecular weight excluding hydrogens is 218 g/mol. The van der Waals surface area contributed by atoms with Crippen LogP contribution in [0.5, 0.6) is 0 Å². The molecule has 0 heterocycles. The van der Waals surface area contributed by atoms with Gasteiger partial charge >= 0.3 is 0 Å². The van der Waals surface area contributed by atoms with Gasteiger partial charge in [0, 0.05) is 5.71 Å². The van der Waals surface area contributed by atoms with E-state index >= 15 is 0 Å². The third-order valence-electron chi connectivity index (χ3n) is 3.70. The standard InChI is InChI=1S/C17H25N/c1-5-13-9-12(11-17(2,3)4)10-15-14(13)7-6-8-16(15)18/h9-10,18H,5-8,11H2,1-4H3. The summed E-state index contributed by atoms with van der Waals surface area (Å²) in [6.45, 7) is 9.07. The minimum atomic E-state index is 0.316. The fourth-order valence-corrected chi connectivity index (χ4v) is 2.97. The minimum Gasteiger partial charge on any atom is -0.305 e. The first-order valence-corrected chi connectivity index (χ1v) is 7.13. The van der Waals surface area contributed by atoms with E-state index < -0.39 is 0 Å². The maximum absolute atomic E-state index is 8.17. The van der Waals surface area contributed by atoms with Crippen LogP contribution in [0.15, 0.2) is 12.1 Å². The Bertz CT molecular complexity index is 463. The first-order chi connectivity index (χ1) is 8.40. The highest BCUT2D eigenvalue weighted by atomic mass is 14.4. The van der Waals surface area contributed by atoms with Crippen LogP contribution in [0, 0.1) is 10.8 Å². The molecule has 0 aromatic heterocycles. The van der Waals surface area contributed by atoms with Gasteiger partial charge in [0.05, 0.1) is 0 Å². The van der Waals surface area contributed by atoms with Crippen molar-refractivity contribution in [1.29, 1.82) is 5.41 Å². The van der Waals surface area contributed by atoms with Crippen molar-refractivity contribution in [3.63, 3.8) is 0 Å². The molecule has 0 bridgehead atoms. The number of rotatable bonds is 2. The van der Waals surface area contributed by atoms with E-state index in [9.17, 15) is 0 Å². The summed E-state index contributed by atoms with van der Waals surface area (Å²) in [5, 5.41) is 8.17. The molecule has 1 aliphatic carbocycles. The van der Waals surface area contributed by atoms with E-state index in [1.54, 1.807) is 0 Å². The van der Waals surface area contributed by atoms with Gasteiger partial charge in [-0.1, -0.05) is 33.8 Å². The Morgan fingerprint density at radius 3 is 2.50 bits per heavy atom. The normalized spacial score (nSPS) is 15.7. The van der Waals surface area contributed by atoms with Crippen LogP contribution < -0.4 is 0 Å². The van der Waals surface area contributed by atoms with Crippen LogP contribution in [0.1, 0.15) is 62.8 Å². The summed E-state index contributed by atoms with van der Waals surface area (Å²) in [5.74, 6) is 0. The van der Waals surface area contributed by atoms with Gasteiger partial charge < -0.3 is 5.41 Å². The van der Waals surface area contributed by atoms with E-state index in [2.05, 4.69) is 39.8 Å². The van der Waals surface area contributed by atoms with Crippen molar-refractivity contribution in [3.8, 4) is 0 Å². The highest BCUT2D eigenvalue weighted by Gasteiger charge is 2.19. The average Bonchev–Trinajstić information content (AvgIpc) is 2.27. The summed E-state index contributed by atoms with van der Waals surface area (Å²) in [6, 6.07) is 4.66. The van der Waals surface area contributed by atoms with Crippen LogP contribution in [-0.2, 0) is 19.3 Å². The van der Waals surface area contributed by atoms with Gasteiger partial charge in [0.15, 0.2) is 0 Å². The molecule has 0 saturated heterocycles. The molecule has 2 rings (SSSR count). The summed E-state index contributed by atoms with van der Waals surface area (Å²) in [7, 11) is 0. The number of hydrogen-bond acceptors (Lipinski definition) is 1. The van der Waals surface area contributed by atoms with Gasteiger partial charge in [-0.3, -0.25) is 0 Å². The second-order valence-electron chi connectivity index (χ2n) is 6.70. The van der Waals surface area contributed by atoms with Gasteiger partial charge in [0.1, 0.15) is 0 Å². The van der Waals surface area contributed by atoms with Gasteiger partial charge in [-0.2, -0.15) is 0 Å². The predicted molar refractivity (Wildman–Crippen MR) is 78.7 cm³/mol. The second kappa shape index (κ2) is 4.87. The van der Waals surface area contributed by atoms with E-state index in [1.165, 1.54) is 22.3 Å². The molecule has 0 aliphatic heterocycles.